The first-order chi connectivity index (χ1) is 7.61. The van der Waals surface area contributed by atoms with E-state index in [2.05, 4.69) is 10.2 Å². The summed E-state index contributed by atoms with van der Waals surface area (Å²) < 4.78 is 3.39. The second-order valence-corrected chi connectivity index (χ2v) is 3.89. The molecule has 0 aliphatic heterocycles. The molecule has 0 aliphatic carbocycles. The Bertz CT molecular complexity index is 486. The first-order valence-electron chi connectivity index (χ1n) is 5.31. The Hall–Kier alpha value is -1.62. The molecule has 0 saturated heterocycles. The number of aryl methyl sites for hydroxylation is 3. The lowest BCUT2D eigenvalue weighted by Crippen LogP contribution is -2.05. The summed E-state index contributed by atoms with van der Waals surface area (Å²) in [6.07, 6.45) is 3.69. The second-order valence-electron chi connectivity index (χ2n) is 3.89. The molecular weight excluding hydrogens is 204 g/mol. The lowest BCUT2D eigenvalue weighted by molar-refractivity contribution is 0.209. The molecular formula is C11H16N4O. The molecule has 0 aliphatic rings. The van der Waals surface area contributed by atoms with Crippen LogP contribution < -0.4 is 0 Å². The minimum absolute atomic E-state index is 0.661. The Balaban J connectivity index is 2.33. The fourth-order valence-electron chi connectivity index (χ4n) is 1.72. The van der Waals surface area contributed by atoms with Gasteiger partial charge >= 0.3 is 0 Å². The smallest absolute Gasteiger partial charge is 0.124 e. The molecule has 5 nitrogen and oxygen atoms in total. The normalized spacial score (nSPS) is 13.0. The van der Waals surface area contributed by atoms with Gasteiger partial charge in [0, 0.05) is 25.9 Å². The van der Waals surface area contributed by atoms with E-state index in [0.29, 0.717) is 0 Å². The summed E-state index contributed by atoms with van der Waals surface area (Å²) in [5.41, 5.74) is 2.57. The van der Waals surface area contributed by atoms with Gasteiger partial charge in [-0.1, -0.05) is 6.92 Å². The fraction of sp³-hybridized carbons (Fsp3) is 0.455. The van der Waals surface area contributed by atoms with E-state index in [0.717, 1.165) is 23.4 Å². The van der Waals surface area contributed by atoms with Crippen LogP contribution in [0.15, 0.2) is 18.5 Å². The zero-order valence-corrected chi connectivity index (χ0v) is 9.75. The van der Waals surface area contributed by atoms with Crippen molar-refractivity contribution in [3.05, 3.63) is 35.4 Å². The van der Waals surface area contributed by atoms with E-state index < -0.39 is 6.10 Å². The van der Waals surface area contributed by atoms with Crippen LogP contribution in [-0.2, 0) is 20.5 Å². The molecule has 0 aromatic carbocycles. The summed E-state index contributed by atoms with van der Waals surface area (Å²) in [5, 5.41) is 18.5. The maximum absolute atomic E-state index is 10.2. The Morgan fingerprint density at radius 3 is 2.69 bits per heavy atom. The van der Waals surface area contributed by atoms with Gasteiger partial charge in [-0.05, 0) is 12.5 Å². The molecule has 1 N–H and O–H groups in total. The third-order valence-corrected chi connectivity index (χ3v) is 2.65. The maximum atomic E-state index is 10.2. The molecule has 1 unspecified atom stereocenters. The second kappa shape index (κ2) is 4.09. The van der Waals surface area contributed by atoms with E-state index in [4.69, 9.17) is 0 Å². The Labute approximate surface area is 94.3 Å². The molecule has 0 radical (unpaired) electrons. The van der Waals surface area contributed by atoms with E-state index in [9.17, 15) is 5.11 Å². The minimum Gasteiger partial charge on any atom is -0.382 e. The van der Waals surface area contributed by atoms with Crippen molar-refractivity contribution in [1.82, 2.24) is 19.6 Å². The van der Waals surface area contributed by atoms with Gasteiger partial charge in [-0.25, -0.2) is 0 Å². The predicted molar refractivity (Wildman–Crippen MR) is 59.9 cm³/mol. The van der Waals surface area contributed by atoms with Gasteiger partial charge in [-0.15, -0.1) is 0 Å². The van der Waals surface area contributed by atoms with Crippen molar-refractivity contribution in [3.8, 4) is 0 Å². The van der Waals surface area contributed by atoms with Gasteiger partial charge in [0.25, 0.3) is 0 Å². The number of aromatic nitrogens is 4. The van der Waals surface area contributed by atoms with E-state index >= 15 is 0 Å². The van der Waals surface area contributed by atoms with Crippen molar-refractivity contribution in [3.63, 3.8) is 0 Å². The summed E-state index contributed by atoms with van der Waals surface area (Å²) in [4.78, 5) is 0. The van der Waals surface area contributed by atoms with Gasteiger partial charge in [-0.3, -0.25) is 9.36 Å². The van der Waals surface area contributed by atoms with Crippen LogP contribution in [0.25, 0.3) is 0 Å². The van der Waals surface area contributed by atoms with Gasteiger partial charge in [0.15, 0.2) is 0 Å². The molecule has 0 spiro atoms. The van der Waals surface area contributed by atoms with Crippen LogP contribution in [0.2, 0.25) is 0 Å². The molecule has 16 heavy (non-hydrogen) atoms. The SMILES string of the molecule is CCc1cc(C(O)c2cnn(C)c2)n(C)n1. The van der Waals surface area contributed by atoms with Crippen LogP contribution in [0.4, 0.5) is 0 Å². The summed E-state index contributed by atoms with van der Waals surface area (Å²) >= 11 is 0. The third-order valence-electron chi connectivity index (χ3n) is 2.65. The molecule has 0 saturated carbocycles. The van der Waals surface area contributed by atoms with Gasteiger partial charge in [-0.2, -0.15) is 10.2 Å². The summed E-state index contributed by atoms with van der Waals surface area (Å²) in [6.45, 7) is 2.04. The Morgan fingerprint density at radius 2 is 2.19 bits per heavy atom. The summed E-state index contributed by atoms with van der Waals surface area (Å²) in [7, 11) is 3.67. The van der Waals surface area contributed by atoms with Crippen LogP contribution >= 0.6 is 0 Å². The Kier molecular flexibility index (Phi) is 2.78. The maximum Gasteiger partial charge on any atom is 0.124 e. The van der Waals surface area contributed by atoms with Crippen LogP contribution in [0.3, 0.4) is 0 Å². The number of hydrogen-bond donors (Lipinski definition) is 1. The molecule has 0 bridgehead atoms. The zero-order chi connectivity index (χ0) is 11.7. The first kappa shape index (κ1) is 10.9. The van der Waals surface area contributed by atoms with Crippen molar-refractivity contribution in [2.24, 2.45) is 14.1 Å². The molecule has 1 atom stereocenters. The van der Waals surface area contributed by atoms with E-state index in [1.54, 1.807) is 15.6 Å². The Morgan fingerprint density at radius 1 is 1.44 bits per heavy atom. The largest absolute Gasteiger partial charge is 0.382 e. The monoisotopic (exact) mass is 220 g/mol. The lowest BCUT2D eigenvalue weighted by atomic mass is 10.1. The highest BCUT2D eigenvalue weighted by Crippen LogP contribution is 2.21. The van der Waals surface area contributed by atoms with Crippen LogP contribution in [0.5, 0.6) is 0 Å². The van der Waals surface area contributed by atoms with Crippen LogP contribution in [0, 0.1) is 0 Å². The molecule has 0 amide bonds. The van der Waals surface area contributed by atoms with Crippen molar-refractivity contribution in [1.29, 1.82) is 0 Å². The van der Waals surface area contributed by atoms with Crippen molar-refractivity contribution in [2.45, 2.75) is 19.4 Å². The average molecular weight is 220 g/mol. The molecule has 86 valence electrons. The minimum atomic E-state index is -0.661. The van der Waals surface area contributed by atoms with Gasteiger partial charge in [0.2, 0.25) is 0 Å². The molecule has 5 heteroatoms. The number of aliphatic hydroxyl groups is 1. The summed E-state index contributed by atoms with van der Waals surface area (Å²) in [6, 6.07) is 1.93. The van der Waals surface area contributed by atoms with Crippen molar-refractivity contribution in [2.75, 3.05) is 0 Å². The van der Waals surface area contributed by atoms with E-state index in [1.165, 1.54) is 0 Å². The lowest BCUT2D eigenvalue weighted by Gasteiger charge is -2.07. The molecule has 2 aromatic heterocycles. The van der Waals surface area contributed by atoms with Gasteiger partial charge < -0.3 is 5.11 Å². The van der Waals surface area contributed by atoms with Gasteiger partial charge in [0.1, 0.15) is 6.10 Å². The first-order valence-corrected chi connectivity index (χ1v) is 5.31. The van der Waals surface area contributed by atoms with Crippen LogP contribution in [0.1, 0.15) is 30.0 Å². The topological polar surface area (TPSA) is 55.9 Å². The van der Waals surface area contributed by atoms with Crippen molar-refractivity contribution < 1.29 is 5.11 Å². The fourth-order valence-corrected chi connectivity index (χ4v) is 1.72. The number of nitrogens with zero attached hydrogens (tertiary/aromatic N) is 4. The molecule has 2 aromatic rings. The molecule has 2 rings (SSSR count). The highest BCUT2D eigenvalue weighted by molar-refractivity contribution is 5.23. The number of hydrogen-bond acceptors (Lipinski definition) is 3. The zero-order valence-electron chi connectivity index (χ0n) is 9.75. The van der Waals surface area contributed by atoms with Crippen molar-refractivity contribution >= 4 is 0 Å². The third kappa shape index (κ3) is 1.86. The van der Waals surface area contributed by atoms with Gasteiger partial charge in [0.05, 0.1) is 17.6 Å². The number of rotatable bonds is 3. The standard InChI is InChI=1S/C11H16N4O/c1-4-9-5-10(15(3)13-9)11(16)8-6-12-14(2)7-8/h5-7,11,16H,4H2,1-3H3. The molecule has 2 heterocycles. The van der Waals surface area contributed by atoms with E-state index in [-0.39, 0.29) is 0 Å². The summed E-state index contributed by atoms with van der Waals surface area (Å²) in [5.74, 6) is 0. The van der Waals surface area contributed by atoms with E-state index in [1.807, 2.05) is 33.3 Å². The average Bonchev–Trinajstić information content (AvgIpc) is 2.83. The van der Waals surface area contributed by atoms with Crippen LogP contribution in [-0.4, -0.2) is 24.7 Å². The highest BCUT2D eigenvalue weighted by atomic mass is 16.3. The number of aliphatic hydroxyl groups excluding tert-OH is 1. The predicted octanol–water partition coefficient (Wildman–Crippen LogP) is 0.798. The molecule has 0 fully saturated rings. The quantitative estimate of drug-likeness (QED) is 0.832. The highest BCUT2D eigenvalue weighted by Gasteiger charge is 2.16.